The van der Waals surface area contributed by atoms with E-state index in [0.717, 1.165) is 5.56 Å². The minimum absolute atomic E-state index is 0.252. The van der Waals surface area contributed by atoms with Gasteiger partial charge < -0.3 is 19.5 Å². The van der Waals surface area contributed by atoms with Crippen LogP contribution in [0, 0.1) is 0 Å². The monoisotopic (exact) mass is 461 g/mol. The number of nitrogens with zero attached hydrogens (tertiary/aromatic N) is 1. The van der Waals surface area contributed by atoms with Crippen molar-refractivity contribution in [3.05, 3.63) is 89.5 Å². The van der Waals surface area contributed by atoms with Crippen LogP contribution in [-0.4, -0.2) is 38.2 Å². The molecule has 174 valence electrons. The highest BCUT2D eigenvalue weighted by Gasteiger charge is 2.13. The summed E-state index contributed by atoms with van der Waals surface area (Å²) in [5, 5.41) is 6.32. The van der Waals surface area contributed by atoms with Crippen LogP contribution < -0.4 is 20.2 Å². The molecule has 3 aromatic carbocycles. The predicted molar refractivity (Wildman–Crippen MR) is 126 cm³/mol. The van der Waals surface area contributed by atoms with E-state index in [1.54, 1.807) is 72.8 Å². The third-order valence-electron chi connectivity index (χ3n) is 4.59. The van der Waals surface area contributed by atoms with Crippen LogP contribution in [0.25, 0.3) is 0 Å². The first-order valence-corrected chi connectivity index (χ1v) is 10.2. The van der Waals surface area contributed by atoms with Crippen molar-refractivity contribution in [3.8, 4) is 11.5 Å². The van der Waals surface area contributed by atoms with Gasteiger partial charge in [-0.3, -0.25) is 9.59 Å². The third kappa shape index (κ3) is 6.67. The van der Waals surface area contributed by atoms with Gasteiger partial charge in [-0.15, -0.1) is 0 Å². The number of ether oxygens (including phenoxy) is 3. The molecule has 0 aliphatic rings. The van der Waals surface area contributed by atoms with Gasteiger partial charge in [-0.05, 0) is 42.0 Å². The zero-order valence-electron chi connectivity index (χ0n) is 18.6. The molecule has 2 N–H and O–H groups in total. The molecule has 0 heterocycles. The first-order chi connectivity index (χ1) is 16.5. The van der Waals surface area contributed by atoms with E-state index in [2.05, 4.69) is 20.6 Å². The van der Waals surface area contributed by atoms with Crippen LogP contribution in [-0.2, 0) is 20.9 Å². The predicted octanol–water partition coefficient (Wildman–Crippen LogP) is 3.15. The Morgan fingerprint density at radius 1 is 0.912 bits per heavy atom. The number of hydrogen-bond acceptors (Lipinski definition) is 7. The summed E-state index contributed by atoms with van der Waals surface area (Å²) in [6.45, 7) is 0.252. The van der Waals surface area contributed by atoms with Gasteiger partial charge >= 0.3 is 17.8 Å². The Bertz CT molecular complexity index is 1190. The lowest BCUT2D eigenvalue weighted by Gasteiger charge is -2.09. The Balaban J connectivity index is 1.56. The second-order valence-corrected chi connectivity index (χ2v) is 6.90. The molecule has 3 rings (SSSR count). The molecule has 3 aromatic rings. The molecule has 0 aliphatic heterocycles. The van der Waals surface area contributed by atoms with Gasteiger partial charge in [0, 0.05) is 17.3 Å². The van der Waals surface area contributed by atoms with Gasteiger partial charge in [0.15, 0.2) is 0 Å². The number of carbonyl (C=O) groups excluding carboxylic acids is 3. The first-order valence-electron chi connectivity index (χ1n) is 10.2. The molecule has 2 amide bonds. The summed E-state index contributed by atoms with van der Waals surface area (Å²) in [4.78, 5) is 35.7. The summed E-state index contributed by atoms with van der Waals surface area (Å²) < 4.78 is 15.6. The maximum Gasteiger partial charge on any atom is 0.337 e. The summed E-state index contributed by atoms with van der Waals surface area (Å²) in [6.07, 6.45) is 1.38. The number of amides is 2. The minimum Gasteiger partial charge on any atom is -0.497 e. The van der Waals surface area contributed by atoms with Crippen molar-refractivity contribution in [2.75, 3.05) is 19.5 Å². The maximum absolute atomic E-state index is 12.1. The summed E-state index contributed by atoms with van der Waals surface area (Å²) >= 11 is 0. The quantitative estimate of drug-likeness (QED) is 0.230. The SMILES string of the molecule is COC(=O)c1ccc(COc2ccccc2/C=N\NC(=O)C(=O)Nc2cccc(OC)c2)cc1. The lowest BCUT2D eigenvalue weighted by atomic mass is 10.1. The molecule has 0 spiro atoms. The van der Waals surface area contributed by atoms with Crippen LogP contribution in [0.3, 0.4) is 0 Å². The highest BCUT2D eigenvalue weighted by molar-refractivity contribution is 6.39. The van der Waals surface area contributed by atoms with Crippen LogP contribution >= 0.6 is 0 Å². The number of esters is 1. The Morgan fingerprint density at radius 2 is 1.68 bits per heavy atom. The fraction of sp³-hybridized carbons (Fsp3) is 0.120. The van der Waals surface area contributed by atoms with Crippen LogP contribution in [0.15, 0.2) is 77.9 Å². The molecule has 0 saturated carbocycles. The lowest BCUT2D eigenvalue weighted by Crippen LogP contribution is -2.32. The van der Waals surface area contributed by atoms with Gasteiger partial charge in [-0.25, -0.2) is 10.2 Å². The summed E-state index contributed by atoms with van der Waals surface area (Å²) in [5.41, 5.74) is 4.51. The van der Waals surface area contributed by atoms with Crippen molar-refractivity contribution in [3.63, 3.8) is 0 Å². The number of nitrogens with one attached hydrogen (secondary N) is 2. The largest absolute Gasteiger partial charge is 0.497 e. The van der Waals surface area contributed by atoms with Crippen molar-refractivity contribution in [2.24, 2.45) is 5.10 Å². The highest BCUT2D eigenvalue weighted by Crippen LogP contribution is 2.18. The molecule has 0 saturated heterocycles. The Kier molecular flexibility index (Phi) is 8.34. The minimum atomic E-state index is -0.928. The number of rotatable bonds is 8. The fourth-order valence-corrected chi connectivity index (χ4v) is 2.83. The molecule has 9 heteroatoms. The third-order valence-corrected chi connectivity index (χ3v) is 4.59. The first kappa shape index (κ1) is 24.0. The van der Waals surface area contributed by atoms with Crippen LogP contribution in [0.2, 0.25) is 0 Å². The summed E-state index contributed by atoms with van der Waals surface area (Å²) in [5.74, 6) is -1.13. The van der Waals surface area contributed by atoms with Crippen LogP contribution in [0.1, 0.15) is 21.5 Å². The van der Waals surface area contributed by atoms with E-state index in [1.165, 1.54) is 20.4 Å². The number of anilines is 1. The molecule has 0 atom stereocenters. The van der Waals surface area contributed by atoms with E-state index in [-0.39, 0.29) is 6.61 Å². The summed E-state index contributed by atoms with van der Waals surface area (Å²) in [7, 11) is 2.83. The van der Waals surface area contributed by atoms with Gasteiger partial charge in [0.05, 0.1) is 26.0 Å². The zero-order valence-corrected chi connectivity index (χ0v) is 18.6. The number of methoxy groups -OCH3 is 2. The van der Waals surface area contributed by atoms with Crippen molar-refractivity contribution < 1.29 is 28.6 Å². The van der Waals surface area contributed by atoms with Crippen molar-refractivity contribution in [2.45, 2.75) is 6.61 Å². The molecule has 0 unspecified atom stereocenters. The molecular formula is C25H23N3O6. The van der Waals surface area contributed by atoms with Crippen molar-refractivity contribution in [1.82, 2.24) is 5.43 Å². The van der Waals surface area contributed by atoms with Gasteiger partial charge in [0.25, 0.3) is 0 Å². The second kappa shape index (κ2) is 11.8. The van der Waals surface area contributed by atoms with Crippen molar-refractivity contribution >= 4 is 29.7 Å². The molecule has 0 aliphatic carbocycles. The number of benzene rings is 3. The normalized spacial score (nSPS) is 10.4. The van der Waals surface area contributed by atoms with Gasteiger partial charge in [0.1, 0.15) is 18.1 Å². The molecule has 0 radical (unpaired) electrons. The Hall–Kier alpha value is -4.66. The average molecular weight is 461 g/mol. The standard InChI is InChI=1S/C25H23N3O6/c1-32-21-8-5-7-20(14-21)27-23(29)24(30)28-26-15-19-6-3-4-9-22(19)34-16-17-10-12-18(13-11-17)25(31)33-2/h3-15H,16H2,1-2H3,(H,27,29)(H,28,30)/b26-15-. The molecule has 0 aromatic heterocycles. The topological polar surface area (TPSA) is 115 Å². The number of hydrogen-bond donors (Lipinski definition) is 2. The van der Waals surface area contributed by atoms with E-state index in [0.29, 0.717) is 28.3 Å². The Morgan fingerprint density at radius 3 is 2.41 bits per heavy atom. The van der Waals surface area contributed by atoms with Crippen LogP contribution in [0.5, 0.6) is 11.5 Å². The highest BCUT2D eigenvalue weighted by atomic mass is 16.5. The van der Waals surface area contributed by atoms with Crippen LogP contribution in [0.4, 0.5) is 5.69 Å². The second-order valence-electron chi connectivity index (χ2n) is 6.90. The molecular weight excluding hydrogens is 438 g/mol. The lowest BCUT2D eigenvalue weighted by molar-refractivity contribution is -0.136. The zero-order chi connectivity index (χ0) is 24.3. The summed E-state index contributed by atoms with van der Waals surface area (Å²) in [6, 6.07) is 20.6. The van der Waals surface area contributed by atoms with E-state index in [9.17, 15) is 14.4 Å². The smallest absolute Gasteiger partial charge is 0.337 e. The fourth-order valence-electron chi connectivity index (χ4n) is 2.83. The van der Waals surface area contributed by atoms with Gasteiger partial charge in [-0.2, -0.15) is 5.10 Å². The molecule has 0 bridgehead atoms. The van der Waals surface area contributed by atoms with Gasteiger partial charge in [-0.1, -0.05) is 30.3 Å². The average Bonchev–Trinajstić information content (AvgIpc) is 2.88. The molecule has 9 nitrogen and oxygen atoms in total. The van der Waals surface area contributed by atoms with Gasteiger partial charge in [0.2, 0.25) is 0 Å². The van der Waals surface area contributed by atoms with E-state index < -0.39 is 17.8 Å². The van der Waals surface area contributed by atoms with E-state index >= 15 is 0 Å². The number of para-hydroxylation sites is 1. The van der Waals surface area contributed by atoms with E-state index in [1.807, 2.05) is 0 Å². The molecule has 0 fully saturated rings. The number of hydrazone groups is 1. The maximum atomic E-state index is 12.1. The number of carbonyl (C=O) groups is 3. The molecule has 34 heavy (non-hydrogen) atoms. The van der Waals surface area contributed by atoms with E-state index in [4.69, 9.17) is 9.47 Å². The Labute approximate surface area is 196 Å². The van der Waals surface area contributed by atoms with Crippen molar-refractivity contribution in [1.29, 1.82) is 0 Å².